The van der Waals surface area contributed by atoms with Crippen LogP contribution < -0.4 is 15.5 Å². The van der Waals surface area contributed by atoms with E-state index < -0.39 is 6.55 Å². The molecule has 3 aromatic rings. The van der Waals surface area contributed by atoms with Gasteiger partial charge in [-0.05, 0) is 19.1 Å². The summed E-state index contributed by atoms with van der Waals surface area (Å²) in [5.41, 5.74) is 6.39. The first-order chi connectivity index (χ1) is 16.5. The molecule has 5 rings (SSSR count). The summed E-state index contributed by atoms with van der Waals surface area (Å²) in [6.45, 7) is -1.06. The number of alkyl halides is 2. The van der Waals surface area contributed by atoms with Crippen LogP contribution in [-0.4, -0.2) is 48.1 Å². The summed E-state index contributed by atoms with van der Waals surface area (Å²) in [5, 5.41) is 12.4. The molecule has 1 atom stereocenters. The van der Waals surface area contributed by atoms with Gasteiger partial charge in [0.2, 0.25) is 0 Å². The van der Waals surface area contributed by atoms with Gasteiger partial charge in [-0.1, -0.05) is 29.5 Å². The fourth-order valence-electron chi connectivity index (χ4n) is 3.83. The lowest BCUT2D eigenvalue weighted by molar-refractivity contribution is 0.0491. The molecule has 0 fully saturated rings. The molecule has 4 heterocycles. The van der Waals surface area contributed by atoms with Gasteiger partial charge in [-0.15, -0.1) is 5.10 Å². The Kier molecular flexibility index (Phi) is 5.72. The van der Waals surface area contributed by atoms with Gasteiger partial charge in [-0.25, -0.2) is 15.4 Å². The number of fused-ring (bicyclic) bond motifs is 1. The average molecular weight is 465 g/mol. The summed E-state index contributed by atoms with van der Waals surface area (Å²) < 4.78 is 33.1. The summed E-state index contributed by atoms with van der Waals surface area (Å²) in [6.07, 6.45) is 12.7. The van der Waals surface area contributed by atoms with Crippen molar-refractivity contribution in [2.75, 3.05) is 12.4 Å². The third kappa shape index (κ3) is 3.99. The number of aromatic nitrogens is 6. The number of hydrogen-bond acceptors (Lipinski definition) is 9. The topological polar surface area (TPSA) is 106 Å². The van der Waals surface area contributed by atoms with E-state index in [1.807, 2.05) is 24.3 Å². The Balaban J connectivity index is 1.56. The number of pyridine rings is 1. The van der Waals surface area contributed by atoms with Crippen molar-refractivity contribution in [2.24, 2.45) is 0 Å². The molecule has 2 N–H and O–H groups in total. The number of rotatable bonds is 7. The van der Waals surface area contributed by atoms with Gasteiger partial charge in [0.1, 0.15) is 5.70 Å². The molecule has 2 aliphatic rings. The average Bonchev–Trinajstić information content (AvgIpc) is 3.40. The van der Waals surface area contributed by atoms with E-state index in [1.54, 1.807) is 42.7 Å². The zero-order valence-electron chi connectivity index (χ0n) is 18.4. The summed E-state index contributed by atoms with van der Waals surface area (Å²) in [4.78, 5) is 13.3. The van der Waals surface area contributed by atoms with Crippen molar-refractivity contribution < 1.29 is 13.5 Å². The second-order valence-electron chi connectivity index (χ2n) is 7.56. The van der Waals surface area contributed by atoms with E-state index in [0.29, 0.717) is 33.5 Å². The summed E-state index contributed by atoms with van der Waals surface area (Å²) >= 11 is 0. The molecule has 0 radical (unpaired) electrons. The highest BCUT2D eigenvalue weighted by atomic mass is 19.3. The van der Waals surface area contributed by atoms with Crippen molar-refractivity contribution in [3.63, 3.8) is 0 Å². The van der Waals surface area contributed by atoms with Crippen molar-refractivity contribution in [3.05, 3.63) is 77.8 Å². The van der Waals surface area contributed by atoms with Crippen LogP contribution in [0.1, 0.15) is 23.8 Å². The fraction of sp³-hybridized carbons (Fsp3) is 0.227. The van der Waals surface area contributed by atoms with Gasteiger partial charge in [0.05, 0.1) is 37.3 Å². The van der Waals surface area contributed by atoms with Crippen LogP contribution in [0.3, 0.4) is 0 Å². The maximum Gasteiger partial charge on any atom is 0.334 e. The van der Waals surface area contributed by atoms with Gasteiger partial charge in [0.25, 0.3) is 0 Å². The van der Waals surface area contributed by atoms with Crippen molar-refractivity contribution in [1.82, 2.24) is 40.4 Å². The second kappa shape index (κ2) is 8.98. The third-order valence-electron chi connectivity index (χ3n) is 5.47. The van der Waals surface area contributed by atoms with E-state index in [-0.39, 0.29) is 18.3 Å². The molecule has 0 bridgehead atoms. The standard InChI is InChI=1S/C22H21F2N9O/c1-13-17(33(22(23)24)31-29-13)12-32-19(15-5-3-4-6-16(15)30-32)21-26-11-18(34-2)20(28-21)27-14-7-9-25-10-8-14/h3-11,16,22,30H,12H2,1-2H3,(H,25,26,27,28). The van der Waals surface area contributed by atoms with Crippen LogP contribution in [0.5, 0.6) is 5.75 Å². The van der Waals surface area contributed by atoms with E-state index in [2.05, 4.69) is 31.0 Å². The molecule has 0 aromatic carbocycles. The predicted octanol–water partition coefficient (Wildman–Crippen LogP) is 3.14. The maximum atomic E-state index is 13.5. The number of methoxy groups -OCH3 is 1. The van der Waals surface area contributed by atoms with Crippen LogP contribution in [0.4, 0.5) is 20.3 Å². The molecular formula is C22H21F2N9O. The molecule has 1 unspecified atom stereocenters. The molecule has 0 saturated carbocycles. The number of aryl methyl sites for hydroxylation is 1. The zero-order chi connectivity index (χ0) is 23.7. The van der Waals surface area contributed by atoms with Gasteiger partial charge in [0.15, 0.2) is 17.4 Å². The number of hydrazine groups is 1. The Labute approximate surface area is 193 Å². The molecule has 0 spiro atoms. The first-order valence-corrected chi connectivity index (χ1v) is 10.4. The lowest BCUT2D eigenvalue weighted by Crippen LogP contribution is -2.37. The summed E-state index contributed by atoms with van der Waals surface area (Å²) in [7, 11) is 1.54. The third-order valence-corrected chi connectivity index (χ3v) is 5.47. The minimum absolute atomic E-state index is 0.0860. The lowest BCUT2D eigenvalue weighted by Gasteiger charge is -2.23. The number of nitrogens with zero attached hydrogens (tertiary/aromatic N) is 7. The van der Waals surface area contributed by atoms with Crippen LogP contribution in [0, 0.1) is 6.92 Å². The molecule has 12 heteroatoms. The van der Waals surface area contributed by atoms with Gasteiger partial charge >= 0.3 is 6.55 Å². The van der Waals surface area contributed by atoms with E-state index >= 15 is 0 Å². The number of halogens is 2. The molecule has 10 nitrogen and oxygen atoms in total. The second-order valence-corrected chi connectivity index (χ2v) is 7.56. The van der Waals surface area contributed by atoms with E-state index in [9.17, 15) is 8.78 Å². The lowest BCUT2D eigenvalue weighted by atomic mass is 10.0. The minimum Gasteiger partial charge on any atom is -0.491 e. The minimum atomic E-state index is -2.80. The SMILES string of the molecule is COc1cnc(C2=C3C=CC=CC3NN2Cc2c(C)nnn2C(F)F)nc1Nc1ccncc1. The number of ether oxygens (including phenoxy) is 1. The largest absolute Gasteiger partial charge is 0.491 e. The summed E-state index contributed by atoms with van der Waals surface area (Å²) in [6, 6.07) is 3.45. The molecule has 1 aliphatic heterocycles. The van der Waals surface area contributed by atoms with Crippen LogP contribution in [0.15, 0.2) is 60.6 Å². The first kappa shape index (κ1) is 21.6. The zero-order valence-corrected chi connectivity index (χ0v) is 18.4. The van der Waals surface area contributed by atoms with Crippen LogP contribution in [0.25, 0.3) is 5.70 Å². The van der Waals surface area contributed by atoms with Gasteiger partial charge in [0, 0.05) is 23.7 Å². The van der Waals surface area contributed by atoms with Crippen molar-refractivity contribution >= 4 is 17.2 Å². The van der Waals surface area contributed by atoms with Crippen LogP contribution in [0.2, 0.25) is 0 Å². The van der Waals surface area contributed by atoms with Crippen molar-refractivity contribution in [2.45, 2.75) is 26.1 Å². The molecule has 0 saturated heterocycles. The van der Waals surface area contributed by atoms with E-state index in [1.165, 1.54) is 7.11 Å². The number of anilines is 2. The Morgan fingerprint density at radius 1 is 1.24 bits per heavy atom. The Morgan fingerprint density at radius 3 is 2.82 bits per heavy atom. The normalized spacial score (nSPS) is 17.0. The maximum absolute atomic E-state index is 13.5. The smallest absolute Gasteiger partial charge is 0.334 e. The molecule has 1 aliphatic carbocycles. The van der Waals surface area contributed by atoms with E-state index in [4.69, 9.17) is 9.72 Å². The van der Waals surface area contributed by atoms with Crippen molar-refractivity contribution in [3.8, 4) is 5.75 Å². The van der Waals surface area contributed by atoms with Crippen LogP contribution >= 0.6 is 0 Å². The predicted molar refractivity (Wildman–Crippen MR) is 120 cm³/mol. The molecule has 174 valence electrons. The molecule has 34 heavy (non-hydrogen) atoms. The van der Waals surface area contributed by atoms with Gasteiger partial charge < -0.3 is 10.1 Å². The Bertz CT molecular complexity index is 1290. The highest BCUT2D eigenvalue weighted by Crippen LogP contribution is 2.35. The first-order valence-electron chi connectivity index (χ1n) is 10.4. The monoisotopic (exact) mass is 465 g/mol. The Hall–Kier alpha value is -4.19. The molecular weight excluding hydrogens is 444 g/mol. The molecule has 0 amide bonds. The number of nitrogens with one attached hydrogen (secondary N) is 2. The molecule has 3 aromatic heterocycles. The number of allylic oxidation sites excluding steroid dienone is 2. The fourth-order valence-corrected chi connectivity index (χ4v) is 3.83. The van der Waals surface area contributed by atoms with Gasteiger partial charge in [-0.3, -0.25) is 9.99 Å². The number of hydrogen-bond donors (Lipinski definition) is 2. The van der Waals surface area contributed by atoms with Crippen molar-refractivity contribution in [1.29, 1.82) is 0 Å². The van der Waals surface area contributed by atoms with Gasteiger partial charge in [-0.2, -0.15) is 13.5 Å². The highest BCUT2D eigenvalue weighted by molar-refractivity contribution is 5.72. The quantitative estimate of drug-likeness (QED) is 0.544. The van der Waals surface area contributed by atoms with E-state index in [0.717, 1.165) is 11.3 Å². The Morgan fingerprint density at radius 2 is 2.06 bits per heavy atom. The van der Waals surface area contributed by atoms with Crippen LogP contribution in [-0.2, 0) is 6.54 Å². The summed E-state index contributed by atoms with van der Waals surface area (Å²) in [5.74, 6) is 1.31. The highest BCUT2D eigenvalue weighted by Gasteiger charge is 2.33.